The zero-order valence-corrected chi connectivity index (χ0v) is 15.6. The van der Waals surface area contributed by atoms with Crippen LogP contribution in [0, 0.1) is 6.92 Å². The molecule has 26 heavy (non-hydrogen) atoms. The van der Waals surface area contributed by atoms with Gasteiger partial charge in [0.15, 0.2) is 5.65 Å². The number of hydrogen-bond donors (Lipinski definition) is 0. The maximum atomic E-state index is 13.1. The lowest BCUT2D eigenvalue weighted by Gasteiger charge is -2.34. The maximum Gasteiger partial charge on any atom is 0.352 e. The second-order valence-corrected chi connectivity index (χ2v) is 7.13. The Labute approximate surface area is 151 Å². The van der Waals surface area contributed by atoms with Gasteiger partial charge in [-0.1, -0.05) is 0 Å². The molecule has 1 aliphatic rings. The van der Waals surface area contributed by atoms with Crippen LogP contribution in [0.1, 0.15) is 19.4 Å². The molecule has 0 saturated carbocycles. The molecule has 7 nitrogen and oxygen atoms in total. The number of nitrogens with zero attached hydrogens (tertiary/aromatic N) is 4. The monoisotopic (exact) mass is 356 g/mol. The van der Waals surface area contributed by atoms with Crippen LogP contribution >= 0.6 is 0 Å². The molecule has 7 heteroatoms. The number of pyridine rings is 1. The third-order valence-electron chi connectivity index (χ3n) is 4.87. The molecule has 0 amide bonds. The van der Waals surface area contributed by atoms with E-state index in [1.165, 1.54) is 0 Å². The molecule has 138 valence electrons. The van der Waals surface area contributed by atoms with Crippen molar-refractivity contribution < 1.29 is 9.47 Å². The van der Waals surface area contributed by atoms with Crippen molar-refractivity contribution in [3.05, 3.63) is 40.3 Å². The van der Waals surface area contributed by atoms with Crippen molar-refractivity contribution in [1.82, 2.24) is 19.1 Å². The van der Waals surface area contributed by atoms with Gasteiger partial charge in [0.25, 0.3) is 0 Å². The van der Waals surface area contributed by atoms with Gasteiger partial charge in [0.1, 0.15) is 5.75 Å². The van der Waals surface area contributed by atoms with E-state index in [2.05, 4.69) is 29.9 Å². The van der Waals surface area contributed by atoms with Gasteiger partial charge in [0.2, 0.25) is 0 Å². The molecule has 1 aromatic carbocycles. The Kier molecular flexibility index (Phi) is 4.20. The number of benzene rings is 1. The standard InChI is InChI=1S/C19H24N4O3/c1-12-7-15-5-6-16(25-4)8-17(15)23-18(12)20-22(19(23)24)11-21-9-13(2)26-14(3)10-21/h5-8,13-14H,9-11H2,1-4H3. The molecule has 3 aromatic rings. The minimum atomic E-state index is -0.131. The van der Waals surface area contributed by atoms with E-state index in [1.807, 2.05) is 25.1 Å². The quantitative estimate of drug-likeness (QED) is 0.719. The highest BCUT2D eigenvalue weighted by Gasteiger charge is 2.23. The summed E-state index contributed by atoms with van der Waals surface area (Å²) in [6, 6.07) is 7.81. The number of rotatable bonds is 3. The summed E-state index contributed by atoms with van der Waals surface area (Å²) in [4.78, 5) is 15.3. The first-order valence-corrected chi connectivity index (χ1v) is 8.91. The molecule has 2 atom stereocenters. The summed E-state index contributed by atoms with van der Waals surface area (Å²) in [7, 11) is 1.62. The molecule has 1 aliphatic heterocycles. The summed E-state index contributed by atoms with van der Waals surface area (Å²) in [5, 5.41) is 5.60. The lowest BCUT2D eigenvalue weighted by Crippen LogP contribution is -2.47. The number of aryl methyl sites for hydroxylation is 1. The van der Waals surface area contributed by atoms with Gasteiger partial charge >= 0.3 is 5.69 Å². The van der Waals surface area contributed by atoms with Gasteiger partial charge < -0.3 is 9.47 Å². The van der Waals surface area contributed by atoms with Crippen LogP contribution in [-0.4, -0.2) is 51.5 Å². The van der Waals surface area contributed by atoms with Crippen molar-refractivity contribution in [1.29, 1.82) is 0 Å². The highest BCUT2D eigenvalue weighted by atomic mass is 16.5. The third kappa shape index (κ3) is 2.87. The van der Waals surface area contributed by atoms with Crippen LogP contribution in [0.4, 0.5) is 0 Å². The van der Waals surface area contributed by atoms with Gasteiger partial charge in [-0.2, -0.15) is 4.68 Å². The van der Waals surface area contributed by atoms with Gasteiger partial charge in [-0.05, 0) is 49.9 Å². The second-order valence-electron chi connectivity index (χ2n) is 7.13. The Balaban J connectivity index is 1.82. The van der Waals surface area contributed by atoms with E-state index in [0.717, 1.165) is 35.3 Å². The van der Waals surface area contributed by atoms with Crippen molar-refractivity contribution in [3.63, 3.8) is 0 Å². The van der Waals surface area contributed by atoms with E-state index in [-0.39, 0.29) is 17.9 Å². The lowest BCUT2D eigenvalue weighted by molar-refractivity contribution is -0.0778. The normalized spacial score (nSPS) is 21.5. The highest BCUT2D eigenvalue weighted by molar-refractivity contribution is 5.84. The molecule has 0 spiro atoms. The van der Waals surface area contributed by atoms with Gasteiger partial charge in [-0.3, -0.25) is 4.90 Å². The molecule has 0 bridgehead atoms. The van der Waals surface area contributed by atoms with E-state index in [4.69, 9.17) is 9.47 Å². The Morgan fingerprint density at radius 1 is 1.23 bits per heavy atom. The molecule has 0 radical (unpaired) electrons. The van der Waals surface area contributed by atoms with E-state index in [0.29, 0.717) is 12.3 Å². The Morgan fingerprint density at radius 3 is 2.65 bits per heavy atom. The Morgan fingerprint density at radius 2 is 1.96 bits per heavy atom. The number of ether oxygens (including phenoxy) is 2. The largest absolute Gasteiger partial charge is 0.497 e. The van der Waals surface area contributed by atoms with Gasteiger partial charge in [0.05, 0.1) is 31.5 Å². The number of fused-ring (bicyclic) bond motifs is 3. The number of methoxy groups -OCH3 is 1. The molecular formula is C19H24N4O3. The molecule has 2 unspecified atom stereocenters. The van der Waals surface area contributed by atoms with Crippen LogP contribution in [0.3, 0.4) is 0 Å². The zero-order chi connectivity index (χ0) is 18.4. The fourth-order valence-corrected chi connectivity index (χ4v) is 3.83. The van der Waals surface area contributed by atoms with Gasteiger partial charge in [0, 0.05) is 19.2 Å². The topological polar surface area (TPSA) is 61.0 Å². The fourth-order valence-electron chi connectivity index (χ4n) is 3.83. The molecule has 1 saturated heterocycles. The summed E-state index contributed by atoms with van der Waals surface area (Å²) in [5.41, 5.74) is 2.34. The number of morpholine rings is 1. The molecule has 1 fully saturated rings. The maximum absolute atomic E-state index is 13.1. The summed E-state index contributed by atoms with van der Waals surface area (Å²) in [5.74, 6) is 0.720. The van der Waals surface area contributed by atoms with Crippen LogP contribution < -0.4 is 10.4 Å². The SMILES string of the molecule is COc1ccc2cc(C)c3nn(CN4CC(C)OC(C)C4)c(=O)n3c2c1. The van der Waals surface area contributed by atoms with E-state index < -0.39 is 0 Å². The predicted octanol–water partition coefficient (Wildman–Crippen LogP) is 2.03. The van der Waals surface area contributed by atoms with Crippen molar-refractivity contribution in [2.24, 2.45) is 0 Å². The first-order valence-electron chi connectivity index (χ1n) is 8.91. The minimum Gasteiger partial charge on any atom is -0.497 e. The zero-order valence-electron chi connectivity index (χ0n) is 15.6. The van der Waals surface area contributed by atoms with Crippen molar-refractivity contribution in [2.45, 2.75) is 39.6 Å². The average Bonchev–Trinajstić information content (AvgIpc) is 2.91. The molecule has 0 N–H and O–H groups in total. The van der Waals surface area contributed by atoms with Crippen molar-refractivity contribution in [2.75, 3.05) is 20.2 Å². The van der Waals surface area contributed by atoms with Crippen LogP contribution in [0.15, 0.2) is 29.1 Å². The van der Waals surface area contributed by atoms with E-state index in [9.17, 15) is 4.79 Å². The first kappa shape index (κ1) is 17.1. The highest BCUT2D eigenvalue weighted by Crippen LogP contribution is 2.23. The Hall–Kier alpha value is -2.38. The van der Waals surface area contributed by atoms with Crippen LogP contribution in [0.5, 0.6) is 5.75 Å². The van der Waals surface area contributed by atoms with Gasteiger partial charge in [-0.25, -0.2) is 9.20 Å². The smallest absolute Gasteiger partial charge is 0.352 e. The summed E-state index contributed by atoms with van der Waals surface area (Å²) >= 11 is 0. The van der Waals surface area contributed by atoms with Crippen molar-refractivity contribution in [3.8, 4) is 5.75 Å². The molecule has 4 rings (SSSR count). The number of hydrogen-bond acceptors (Lipinski definition) is 5. The number of aromatic nitrogens is 3. The lowest BCUT2D eigenvalue weighted by atomic mass is 10.1. The van der Waals surface area contributed by atoms with Crippen LogP contribution in [0.2, 0.25) is 0 Å². The van der Waals surface area contributed by atoms with Crippen LogP contribution in [0.25, 0.3) is 16.6 Å². The molecule has 0 aliphatic carbocycles. The fraction of sp³-hybridized carbons (Fsp3) is 0.474. The minimum absolute atomic E-state index is 0.131. The van der Waals surface area contributed by atoms with Gasteiger partial charge in [-0.15, -0.1) is 5.10 Å². The molecule has 2 aromatic heterocycles. The summed E-state index contributed by atoms with van der Waals surface area (Å²) in [6.45, 7) is 8.13. The molecule has 3 heterocycles. The average molecular weight is 356 g/mol. The van der Waals surface area contributed by atoms with E-state index >= 15 is 0 Å². The summed E-state index contributed by atoms with van der Waals surface area (Å²) < 4.78 is 14.3. The second kappa shape index (κ2) is 6.41. The first-order chi connectivity index (χ1) is 12.5. The predicted molar refractivity (Wildman–Crippen MR) is 99.8 cm³/mol. The Bertz CT molecular complexity index is 1010. The van der Waals surface area contributed by atoms with Crippen molar-refractivity contribution >= 4 is 16.6 Å². The third-order valence-corrected chi connectivity index (χ3v) is 4.87. The summed E-state index contributed by atoms with van der Waals surface area (Å²) in [6.07, 6.45) is 0.302. The van der Waals surface area contributed by atoms with Crippen LogP contribution in [-0.2, 0) is 11.4 Å². The van der Waals surface area contributed by atoms with E-state index in [1.54, 1.807) is 16.2 Å². The molecular weight excluding hydrogens is 332 g/mol.